The summed E-state index contributed by atoms with van der Waals surface area (Å²) in [5.41, 5.74) is 2.76. The molecule has 0 aliphatic heterocycles. The molecule has 5 rings (SSSR count). The topological polar surface area (TPSA) is 84.7 Å². The summed E-state index contributed by atoms with van der Waals surface area (Å²) in [6.07, 6.45) is 6.12. The van der Waals surface area contributed by atoms with Crippen molar-refractivity contribution >= 4 is 27.4 Å². The van der Waals surface area contributed by atoms with Gasteiger partial charge in [0.25, 0.3) is 0 Å². The summed E-state index contributed by atoms with van der Waals surface area (Å²) in [5, 5.41) is 11.7. The first-order valence-corrected chi connectivity index (χ1v) is 12.2. The molecule has 0 aliphatic rings. The molecule has 0 saturated carbocycles. The standard InChI is InChI=1S/C25H24F2N8S/c1-15(34(2)3)19-13-29-22(27)12-18(19)17-6-4-5-16-11-21(36-24(16)17)23-20(26)14-30-25(32-23)28-7-9-35-10-8-31-33-35/h4-6,8,10-15H,7,9H2,1-3H3,(H,28,30,32)/t15-/m1/s1. The van der Waals surface area contributed by atoms with E-state index in [4.69, 9.17) is 0 Å². The summed E-state index contributed by atoms with van der Waals surface area (Å²) in [7, 11) is 3.94. The van der Waals surface area contributed by atoms with E-state index < -0.39 is 11.8 Å². The zero-order valence-electron chi connectivity index (χ0n) is 20.0. The zero-order chi connectivity index (χ0) is 25.2. The van der Waals surface area contributed by atoms with Crippen molar-refractivity contribution in [3.8, 4) is 21.7 Å². The molecular formula is C25H24F2N8S. The Morgan fingerprint density at radius 2 is 1.97 bits per heavy atom. The first-order valence-electron chi connectivity index (χ1n) is 11.4. The number of hydrogen-bond acceptors (Lipinski definition) is 8. The largest absolute Gasteiger partial charge is 0.352 e. The minimum Gasteiger partial charge on any atom is -0.352 e. The molecule has 1 atom stereocenters. The second-order valence-electron chi connectivity index (χ2n) is 8.55. The molecular weight excluding hydrogens is 482 g/mol. The Hall–Kier alpha value is -3.83. The molecule has 0 amide bonds. The van der Waals surface area contributed by atoms with E-state index >= 15 is 0 Å². The molecule has 8 nitrogen and oxygen atoms in total. The fraction of sp³-hybridized carbons (Fsp3) is 0.240. The highest BCUT2D eigenvalue weighted by Crippen LogP contribution is 2.41. The van der Waals surface area contributed by atoms with Crippen molar-refractivity contribution in [1.29, 1.82) is 0 Å². The normalized spacial score (nSPS) is 12.4. The number of pyridine rings is 1. The number of rotatable bonds is 8. The van der Waals surface area contributed by atoms with Gasteiger partial charge in [-0.15, -0.1) is 16.4 Å². The van der Waals surface area contributed by atoms with Crippen LogP contribution in [0.25, 0.3) is 31.8 Å². The van der Waals surface area contributed by atoms with Crippen LogP contribution in [0.3, 0.4) is 0 Å². The van der Waals surface area contributed by atoms with Crippen LogP contribution < -0.4 is 5.32 Å². The van der Waals surface area contributed by atoms with E-state index in [1.165, 1.54) is 23.6 Å². The van der Waals surface area contributed by atoms with E-state index in [2.05, 4.69) is 30.6 Å². The quantitative estimate of drug-likeness (QED) is 0.296. The molecule has 11 heteroatoms. The van der Waals surface area contributed by atoms with Crippen molar-refractivity contribution < 1.29 is 8.78 Å². The molecule has 4 heterocycles. The van der Waals surface area contributed by atoms with Gasteiger partial charge in [-0.2, -0.15) is 4.39 Å². The summed E-state index contributed by atoms with van der Waals surface area (Å²) in [4.78, 5) is 15.1. The summed E-state index contributed by atoms with van der Waals surface area (Å²) in [5.74, 6) is -0.735. The Bertz CT molecular complexity index is 1500. The van der Waals surface area contributed by atoms with E-state index in [0.717, 1.165) is 26.8 Å². The number of hydrogen-bond donors (Lipinski definition) is 1. The number of nitrogens with one attached hydrogen (secondary N) is 1. The smallest absolute Gasteiger partial charge is 0.223 e. The van der Waals surface area contributed by atoms with E-state index in [9.17, 15) is 8.78 Å². The molecule has 5 aromatic rings. The van der Waals surface area contributed by atoms with Crippen molar-refractivity contribution in [2.75, 3.05) is 26.0 Å². The van der Waals surface area contributed by atoms with Crippen molar-refractivity contribution in [2.45, 2.75) is 19.5 Å². The number of nitrogens with zero attached hydrogens (tertiary/aromatic N) is 7. The molecule has 1 N–H and O–H groups in total. The summed E-state index contributed by atoms with van der Waals surface area (Å²) >= 11 is 1.41. The Labute approximate surface area is 210 Å². The average molecular weight is 507 g/mol. The lowest BCUT2D eigenvalue weighted by atomic mass is 9.96. The van der Waals surface area contributed by atoms with Crippen LogP contribution in [0.4, 0.5) is 14.7 Å². The third-order valence-electron chi connectivity index (χ3n) is 6.03. The lowest BCUT2D eigenvalue weighted by Crippen LogP contribution is -2.18. The first-order chi connectivity index (χ1) is 17.4. The fourth-order valence-electron chi connectivity index (χ4n) is 3.94. The number of thiophene rings is 1. The monoisotopic (exact) mass is 506 g/mol. The molecule has 0 spiro atoms. The molecule has 36 heavy (non-hydrogen) atoms. The molecule has 0 unspecified atom stereocenters. The molecule has 4 aromatic heterocycles. The molecule has 184 valence electrons. The lowest BCUT2D eigenvalue weighted by Gasteiger charge is -2.23. The molecule has 0 radical (unpaired) electrons. The van der Waals surface area contributed by atoms with Gasteiger partial charge in [0.2, 0.25) is 11.9 Å². The molecule has 1 aromatic carbocycles. The highest BCUT2D eigenvalue weighted by atomic mass is 32.1. The van der Waals surface area contributed by atoms with Gasteiger partial charge in [0.1, 0.15) is 5.69 Å². The van der Waals surface area contributed by atoms with E-state index in [1.807, 2.05) is 50.2 Å². The van der Waals surface area contributed by atoms with Crippen LogP contribution in [0, 0.1) is 11.8 Å². The van der Waals surface area contributed by atoms with Crippen LogP contribution in [-0.2, 0) is 6.54 Å². The highest BCUT2D eigenvalue weighted by Gasteiger charge is 2.20. The number of aromatic nitrogens is 6. The SMILES string of the molecule is C[C@H](c1cnc(F)cc1-c1cccc2cc(-c3nc(NCCn4ccnn4)ncc3F)sc12)N(C)C. The Morgan fingerprint density at radius 3 is 2.75 bits per heavy atom. The number of fused-ring (bicyclic) bond motifs is 1. The maximum atomic E-state index is 14.8. The van der Waals surface area contributed by atoms with Gasteiger partial charge in [0.15, 0.2) is 5.82 Å². The van der Waals surface area contributed by atoms with Crippen molar-refractivity contribution in [2.24, 2.45) is 0 Å². The van der Waals surface area contributed by atoms with Gasteiger partial charge in [-0.1, -0.05) is 23.4 Å². The predicted molar refractivity (Wildman–Crippen MR) is 137 cm³/mol. The molecule has 0 fully saturated rings. The maximum absolute atomic E-state index is 14.8. The first kappa shape index (κ1) is 23.9. The number of benzene rings is 1. The van der Waals surface area contributed by atoms with Gasteiger partial charge in [-0.25, -0.2) is 19.3 Å². The zero-order valence-corrected chi connectivity index (χ0v) is 20.8. The second kappa shape index (κ2) is 10.0. The number of anilines is 1. The van der Waals surface area contributed by atoms with Crippen molar-refractivity contribution in [1.82, 2.24) is 34.8 Å². The van der Waals surface area contributed by atoms with Gasteiger partial charge in [0.05, 0.1) is 23.8 Å². The van der Waals surface area contributed by atoms with Gasteiger partial charge >= 0.3 is 0 Å². The van der Waals surface area contributed by atoms with Crippen LogP contribution in [0.5, 0.6) is 0 Å². The van der Waals surface area contributed by atoms with Gasteiger partial charge < -0.3 is 10.2 Å². The van der Waals surface area contributed by atoms with E-state index in [1.54, 1.807) is 23.3 Å². The summed E-state index contributed by atoms with van der Waals surface area (Å²) in [6, 6.07) is 9.23. The average Bonchev–Trinajstić information content (AvgIpc) is 3.54. The van der Waals surface area contributed by atoms with E-state index in [0.29, 0.717) is 23.9 Å². The van der Waals surface area contributed by atoms with Gasteiger partial charge in [-0.3, -0.25) is 4.68 Å². The predicted octanol–water partition coefficient (Wildman–Crippen LogP) is 5.02. The Kier molecular flexibility index (Phi) is 6.66. The summed E-state index contributed by atoms with van der Waals surface area (Å²) in [6.45, 7) is 3.12. The fourth-order valence-corrected chi connectivity index (χ4v) is 5.11. The Morgan fingerprint density at radius 1 is 1.11 bits per heavy atom. The number of halogens is 2. The van der Waals surface area contributed by atoms with Crippen LogP contribution in [0.1, 0.15) is 18.5 Å². The van der Waals surface area contributed by atoms with Crippen LogP contribution in [0.2, 0.25) is 0 Å². The lowest BCUT2D eigenvalue weighted by molar-refractivity contribution is 0.320. The van der Waals surface area contributed by atoms with Crippen molar-refractivity contribution in [3.05, 3.63) is 72.4 Å². The van der Waals surface area contributed by atoms with Crippen molar-refractivity contribution in [3.63, 3.8) is 0 Å². The highest BCUT2D eigenvalue weighted by molar-refractivity contribution is 7.22. The molecule has 0 saturated heterocycles. The second-order valence-corrected chi connectivity index (χ2v) is 9.60. The minimum absolute atomic E-state index is 0.0215. The summed E-state index contributed by atoms with van der Waals surface area (Å²) < 4.78 is 31.7. The van der Waals surface area contributed by atoms with Gasteiger partial charge in [0, 0.05) is 41.3 Å². The van der Waals surface area contributed by atoms with E-state index in [-0.39, 0.29) is 11.7 Å². The molecule has 0 aliphatic carbocycles. The third kappa shape index (κ3) is 4.79. The van der Waals surface area contributed by atoms with Crippen LogP contribution in [0.15, 0.2) is 55.1 Å². The minimum atomic E-state index is -0.544. The van der Waals surface area contributed by atoms with Crippen LogP contribution in [-0.4, -0.2) is 55.5 Å². The maximum Gasteiger partial charge on any atom is 0.223 e. The van der Waals surface area contributed by atoms with Gasteiger partial charge in [-0.05, 0) is 43.6 Å². The third-order valence-corrected chi connectivity index (χ3v) is 7.22. The Balaban J connectivity index is 1.51. The van der Waals surface area contributed by atoms with Crippen LogP contribution >= 0.6 is 11.3 Å². The molecule has 0 bridgehead atoms.